The summed E-state index contributed by atoms with van der Waals surface area (Å²) < 4.78 is 0. The minimum absolute atomic E-state index is 0.363. The Morgan fingerprint density at radius 2 is 1.79 bits per heavy atom. The Hall–Kier alpha value is -0.820. The maximum Gasteiger partial charge on any atom is 0.00819 e. The highest BCUT2D eigenvalue weighted by Gasteiger charge is 2.17. The summed E-state index contributed by atoms with van der Waals surface area (Å²) in [5.41, 5.74) is 11.0. The summed E-state index contributed by atoms with van der Waals surface area (Å²) in [6.07, 6.45) is 13.3. The van der Waals surface area contributed by atoms with Crippen LogP contribution in [-0.2, 0) is 19.3 Å². The Morgan fingerprint density at radius 3 is 2.63 bits per heavy atom. The molecule has 1 nitrogen and oxygen atoms in total. The third kappa shape index (κ3) is 3.39. The van der Waals surface area contributed by atoms with E-state index in [1.54, 1.807) is 11.1 Å². The summed E-state index contributed by atoms with van der Waals surface area (Å²) >= 11 is 0. The zero-order valence-corrected chi connectivity index (χ0v) is 12.0. The second-order valence-electron chi connectivity index (χ2n) is 6.66. The smallest absolute Gasteiger partial charge is 0.00819 e. The van der Waals surface area contributed by atoms with Crippen molar-refractivity contribution in [3.63, 3.8) is 0 Å². The zero-order valence-electron chi connectivity index (χ0n) is 12.0. The highest BCUT2D eigenvalue weighted by Crippen LogP contribution is 2.28. The van der Waals surface area contributed by atoms with Crippen LogP contribution in [0.15, 0.2) is 18.2 Å². The van der Waals surface area contributed by atoms with Gasteiger partial charge < -0.3 is 5.73 Å². The normalized spacial score (nSPS) is 21.3. The van der Waals surface area contributed by atoms with Crippen molar-refractivity contribution in [1.82, 2.24) is 0 Å². The van der Waals surface area contributed by atoms with E-state index in [1.165, 1.54) is 63.4 Å². The molecule has 1 fully saturated rings. The van der Waals surface area contributed by atoms with Crippen molar-refractivity contribution in [2.24, 2.45) is 11.7 Å². The number of aryl methyl sites for hydroxylation is 2. The van der Waals surface area contributed by atoms with E-state index in [0.29, 0.717) is 6.04 Å². The van der Waals surface area contributed by atoms with Crippen molar-refractivity contribution in [2.75, 3.05) is 0 Å². The highest BCUT2D eigenvalue weighted by molar-refractivity contribution is 5.35. The molecule has 2 aliphatic rings. The van der Waals surface area contributed by atoms with Gasteiger partial charge >= 0.3 is 0 Å². The quantitative estimate of drug-likeness (QED) is 0.866. The van der Waals surface area contributed by atoms with Crippen LogP contribution in [0.25, 0.3) is 0 Å². The van der Waals surface area contributed by atoms with Crippen LogP contribution in [0.5, 0.6) is 0 Å². The number of hydrogen-bond acceptors (Lipinski definition) is 1. The molecule has 0 spiro atoms. The average molecular weight is 257 g/mol. The molecule has 0 saturated heterocycles. The van der Waals surface area contributed by atoms with Gasteiger partial charge in [-0.3, -0.25) is 0 Å². The summed E-state index contributed by atoms with van der Waals surface area (Å²) in [7, 11) is 0. The highest BCUT2D eigenvalue weighted by atomic mass is 14.6. The molecule has 1 unspecified atom stereocenters. The lowest BCUT2D eigenvalue weighted by Gasteiger charge is -2.24. The number of fused-ring (bicyclic) bond motifs is 1. The second kappa shape index (κ2) is 6.09. The first-order valence-electron chi connectivity index (χ1n) is 8.17. The lowest BCUT2D eigenvalue weighted by Crippen LogP contribution is -2.27. The predicted octanol–water partition coefficient (Wildman–Crippen LogP) is 4.02. The van der Waals surface area contributed by atoms with Gasteiger partial charge in [-0.05, 0) is 54.7 Å². The monoisotopic (exact) mass is 257 g/mol. The fourth-order valence-corrected chi connectivity index (χ4v) is 3.99. The third-order valence-corrected chi connectivity index (χ3v) is 5.02. The van der Waals surface area contributed by atoms with E-state index in [9.17, 15) is 0 Å². The first kappa shape index (κ1) is 13.2. The topological polar surface area (TPSA) is 26.0 Å². The molecule has 0 aromatic heterocycles. The van der Waals surface area contributed by atoms with E-state index in [2.05, 4.69) is 18.2 Å². The molecule has 1 heteroatoms. The van der Waals surface area contributed by atoms with Gasteiger partial charge in [-0.25, -0.2) is 0 Å². The Balaban J connectivity index is 1.55. The molecule has 104 valence electrons. The summed E-state index contributed by atoms with van der Waals surface area (Å²) in [6.45, 7) is 0. The molecule has 0 amide bonds. The van der Waals surface area contributed by atoms with Crippen molar-refractivity contribution in [3.8, 4) is 0 Å². The number of rotatable bonds is 4. The van der Waals surface area contributed by atoms with Crippen LogP contribution >= 0.6 is 0 Å². The first-order chi connectivity index (χ1) is 9.31. The van der Waals surface area contributed by atoms with Crippen molar-refractivity contribution in [3.05, 3.63) is 34.9 Å². The molecule has 19 heavy (non-hydrogen) atoms. The van der Waals surface area contributed by atoms with Crippen LogP contribution in [0.2, 0.25) is 0 Å². The van der Waals surface area contributed by atoms with Crippen molar-refractivity contribution in [1.29, 1.82) is 0 Å². The van der Waals surface area contributed by atoms with Crippen LogP contribution in [0, 0.1) is 5.92 Å². The van der Waals surface area contributed by atoms with Crippen LogP contribution in [0.1, 0.15) is 61.6 Å². The van der Waals surface area contributed by atoms with Crippen LogP contribution in [-0.4, -0.2) is 6.04 Å². The van der Waals surface area contributed by atoms with E-state index >= 15 is 0 Å². The molecule has 0 radical (unpaired) electrons. The molecule has 1 atom stereocenters. The number of benzene rings is 1. The minimum atomic E-state index is 0.363. The minimum Gasteiger partial charge on any atom is -0.327 e. The van der Waals surface area contributed by atoms with Gasteiger partial charge in [-0.15, -0.1) is 0 Å². The van der Waals surface area contributed by atoms with Crippen molar-refractivity contribution in [2.45, 2.75) is 70.3 Å². The fourth-order valence-electron chi connectivity index (χ4n) is 3.99. The molecule has 1 saturated carbocycles. The Bertz CT molecular complexity index is 418. The van der Waals surface area contributed by atoms with Gasteiger partial charge in [0.2, 0.25) is 0 Å². The molecule has 2 N–H and O–H groups in total. The lowest BCUT2D eigenvalue weighted by molar-refractivity contribution is 0.317. The van der Waals surface area contributed by atoms with Crippen LogP contribution in [0.3, 0.4) is 0 Å². The van der Waals surface area contributed by atoms with Gasteiger partial charge in [0.15, 0.2) is 0 Å². The molecule has 0 heterocycles. The van der Waals surface area contributed by atoms with Gasteiger partial charge in [-0.1, -0.05) is 50.3 Å². The van der Waals surface area contributed by atoms with E-state index in [1.807, 2.05) is 0 Å². The Labute approximate surface area is 117 Å². The summed E-state index contributed by atoms with van der Waals surface area (Å²) in [5.74, 6) is 0.901. The molecule has 3 rings (SSSR count). The third-order valence-electron chi connectivity index (χ3n) is 5.02. The van der Waals surface area contributed by atoms with E-state index in [0.717, 1.165) is 12.3 Å². The van der Waals surface area contributed by atoms with E-state index in [4.69, 9.17) is 5.73 Å². The molecular formula is C18H27N. The van der Waals surface area contributed by atoms with Gasteiger partial charge in [-0.2, -0.15) is 0 Å². The second-order valence-corrected chi connectivity index (χ2v) is 6.66. The Kier molecular flexibility index (Phi) is 4.22. The van der Waals surface area contributed by atoms with Gasteiger partial charge in [0, 0.05) is 6.04 Å². The zero-order chi connectivity index (χ0) is 13.1. The average Bonchev–Trinajstić information content (AvgIpc) is 2.87. The first-order valence-corrected chi connectivity index (χ1v) is 8.17. The Morgan fingerprint density at radius 1 is 1.00 bits per heavy atom. The predicted molar refractivity (Wildman–Crippen MR) is 81.3 cm³/mol. The SMILES string of the molecule is NC(Cc1ccc2c(c1)CCC2)CC1CCCCC1. The number of hydrogen-bond donors (Lipinski definition) is 1. The van der Waals surface area contributed by atoms with Crippen LogP contribution < -0.4 is 5.73 Å². The molecule has 0 aliphatic heterocycles. The maximum atomic E-state index is 6.38. The van der Waals surface area contributed by atoms with Gasteiger partial charge in [0.1, 0.15) is 0 Å². The fraction of sp³-hybridized carbons (Fsp3) is 0.667. The summed E-state index contributed by atoms with van der Waals surface area (Å²) in [6, 6.07) is 7.43. The molecule has 1 aromatic rings. The largest absolute Gasteiger partial charge is 0.327 e. The van der Waals surface area contributed by atoms with Crippen LogP contribution in [0.4, 0.5) is 0 Å². The molecule has 1 aromatic carbocycles. The van der Waals surface area contributed by atoms with Gasteiger partial charge in [0.05, 0.1) is 0 Å². The van der Waals surface area contributed by atoms with Crippen molar-refractivity contribution >= 4 is 0 Å². The molecule has 0 bridgehead atoms. The standard InChI is InChI=1S/C18H27N/c19-18(12-14-5-2-1-3-6-14)13-15-9-10-16-7-4-8-17(16)11-15/h9-11,14,18H,1-8,12-13,19H2. The lowest BCUT2D eigenvalue weighted by atomic mass is 9.84. The van der Waals surface area contributed by atoms with Gasteiger partial charge in [0.25, 0.3) is 0 Å². The van der Waals surface area contributed by atoms with Crippen molar-refractivity contribution < 1.29 is 0 Å². The molecule has 2 aliphatic carbocycles. The molecular weight excluding hydrogens is 230 g/mol. The van der Waals surface area contributed by atoms with E-state index in [-0.39, 0.29) is 0 Å². The maximum absolute atomic E-state index is 6.38. The van der Waals surface area contributed by atoms with E-state index < -0.39 is 0 Å². The summed E-state index contributed by atoms with van der Waals surface area (Å²) in [5, 5.41) is 0. The number of nitrogens with two attached hydrogens (primary N) is 1. The summed E-state index contributed by atoms with van der Waals surface area (Å²) in [4.78, 5) is 0.